The molecule has 0 saturated carbocycles. The fourth-order valence-corrected chi connectivity index (χ4v) is 3.50. The van der Waals surface area contributed by atoms with E-state index in [1.165, 1.54) is 0 Å². The van der Waals surface area contributed by atoms with Gasteiger partial charge >= 0.3 is 0 Å². The summed E-state index contributed by atoms with van der Waals surface area (Å²) in [6.45, 7) is 1.61. The molecule has 1 atom stereocenters. The van der Waals surface area contributed by atoms with Crippen LogP contribution < -0.4 is 5.32 Å². The van der Waals surface area contributed by atoms with Gasteiger partial charge in [-0.05, 0) is 25.0 Å². The van der Waals surface area contributed by atoms with Gasteiger partial charge in [-0.3, -0.25) is 0 Å². The normalized spacial score (nSPS) is 17.2. The van der Waals surface area contributed by atoms with E-state index in [2.05, 4.69) is 21.7 Å². The lowest BCUT2D eigenvalue weighted by atomic mass is 10.1. The van der Waals surface area contributed by atoms with E-state index in [1.807, 2.05) is 53.0 Å². The second-order valence-corrected chi connectivity index (χ2v) is 6.53. The molecular formula is C20H19N5O. The van der Waals surface area contributed by atoms with Crippen LogP contribution in [0.4, 0.5) is 5.82 Å². The number of anilines is 1. The second-order valence-electron chi connectivity index (χ2n) is 6.53. The minimum Gasteiger partial charge on any atom is -0.376 e. The van der Waals surface area contributed by atoms with Crippen molar-refractivity contribution >= 4 is 22.4 Å². The third-order valence-corrected chi connectivity index (χ3v) is 4.82. The number of rotatable bonds is 4. The van der Waals surface area contributed by atoms with Crippen LogP contribution in [-0.2, 0) is 4.74 Å². The molecule has 1 saturated heterocycles. The van der Waals surface area contributed by atoms with Gasteiger partial charge in [0.2, 0.25) is 0 Å². The summed E-state index contributed by atoms with van der Waals surface area (Å²) in [4.78, 5) is 4.87. The molecular weight excluding hydrogens is 326 g/mol. The Morgan fingerprint density at radius 2 is 1.92 bits per heavy atom. The molecule has 0 radical (unpaired) electrons. The molecule has 0 spiro atoms. The van der Waals surface area contributed by atoms with Crippen LogP contribution in [0, 0.1) is 0 Å². The minimum atomic E-state index is 0.253. The summed E-state index contributed by atoms with van der Waals surface area (Å²) in [7, 11) is 0. The average molecular weight is 345 g/mol. The van der Waals surface area contributed by atoms with Crippen molar-refractivity contribution in [3.63, 3.8) is 0 Å². The summed E-state index contributed by atoms with van der Waals surface area (Å²) in [6, 6.07) is 18.2. The maximum atomic E-state index is 5.73. The predicted molar refractivity (Wildman–Crippen MR) is 101 cm³/mol. The van der Waals surface area contributed by atoms with E-state index in [0.29, 0.717) is 0 Å². The van der Waals surface area contributed by atoms with Gasteiger partial charge in [0.05, 0.1) is 11.6 Å². The number of para-hydroxylation sites is 1. The first-order valence-corrected chi connectivity index (χ1v) is 8.95. The van der Waals surface area contributed by atoms with Crippen LogP contribution >= 0.6 is 0 Å². The lowest BCUT2D eigenvalue weighted by Gasteiger charge is -2.13. The summed E-state index contributed by atoms with van der Waals surface area (Å²) < 4.78 is 7.55. The minimum absolute atomic E-state index is 0.253. The lowest BCUT2D eigenvalue weighted by molar-refractivity contribution is 0.120. The molecule has 130 valence electrons. The summed E-state index contributed by atoms with van der Waals surface area (Å²) in [6.07, 6.45) is 2.48. The van der Waals surface area contributed by atoms with Gasteiger partial charge in [0, 0.05) is 24.1 Å². The number of benzene rings is 2. The Kier molecular flexibility index (Phi) is 3.75. The standard InChI is InChI=1S/C20H19N5O/c1-2-7-14(8-3-1)18-20-22-19(21-13-15-9-6-12-26-15)16-10-4-5-11-17(16)25(20)24-23-18/h1-5,7-8,10-11,15H,6,9,12-13H2,(H,21,22)/t15-/m1/s1. The fraction of sp³-hybridized carbons (Fsp3) is 0.250. The number of hydrogen-bond acceptors (Lipinski definition) is 5. The Hall–Kier alpha value is -2.99. The molecule has 2 aromatic carbocycles. The number of nitrogens with one attached hydrogen (secondary N) is 1. The van der Waals surface area contributed by atoms with Crippen molar-refractivity contribution in [3.8, 4) is 11.3 Å². The van der Waals surface area contributed by atoms with Crippen molar-refractivity contribution in [1.29, 1.82) is 0 Å². The SMILES string of the molecule is c1ccc(-c2nnn3c2nc(NC[C@H]2CCCO2)c2ccccc23)cc1. The van der Waals surface area contributed by atoms with E-state index in [1.54, 1.807) is 0 Å². The van der Waals surface area contributed by atoms with Crippen molar-refractivity contribution in [2.24, 2.45) is 0 Å². The van der Waals surface area contributed by atoms with Gasteiger partial charge in [0.25, 0.3) is 0 Å². The topological polar surface area (TPSA) is 64.3 Å². The van der Waals surface area contributed by atoms with Gasteiger partial charge in [-0.2, -0.15) is 4.52 Å². The van der Waals surface area contributed by atoms with Gasteiger partial charge in [-0.15, -0.1) is 5.10 Å². The molecule has 0 aliphatic carbocycles. The highest BCUT2D eigenvalue weighted by Crippen LogP contribution is 2.28. The van der Waals surface area contributed by atoms with Gasteiger partial charge in [-0.1, -0.05) is 47.7 Å². The van der Waals surface area contributed by atoms with Gasteiger partial charge in [-0.25, -0.2) is 4.98 Å². The van der Waals surface area contributed by atoms with Crippen LogP contribution in [-0.4, -0.2) is 39.1 Å². The zero-order chi connectivity index (χ0) is 17.3. The molecule has 2 aromatic heterocycles. The van der Waals surface area contributed by atoms with Gasteiger partial charge in [0.1, 0.15) is 11.5 Å². The van der Waals surface area contributed by atoms with E-state index < -0.39 is 0 Å². The number of nitrogens with zero attached hydrogens (tertiary/aromatic N) is 4. The quantitative estimate of drug-likeness (QED) is 0.613. The fourth-order valence-electron chi connectivity index (χ4n) is 3.50. The van der Waals surface area contributed by atoms with Crippen LogP contribution in [0.3, 0.4) is 0 Å². The first-order chi connectivity index (χ1) is 12.9. The maximum absolute atomic E-state index is 5.73. The zero-order valence-electron chi connectivity index (χ0n) is 14.3. The third kappa shape index (κ3) is 2.59. The Morgan fingerprint density at radius 1 is 1.08 bits per heavy atom. The highest BCUT2D eigenvalue weighted by Gasteiger charge is 2.18. The Bertz CT molecular complexity index is 1050. The molecule has 1 aliphatic rings. The third-order valence-electron chi connectivity index (χ3n) is 4.82. The molecule has 0 amide bonds. The molecule has 4 aromatic rings. The van der Waals surface area contributed by atoms with E-state index >= 15 is 0 Å². The molecule has 1 N–H and O–H groups in total. The number of hydrogen-bond donors (Lipinski definition) is 1. The van der Waals surface area contributed by atoms with Crippen molar-refractivity contribution in [2.45, 2.75) is 18.9 Å². The van der Waals surface area contributed by atoms with Crippen LogP contribution in [0.25, 0.3) is 27.8 Å². The highest BCUT2D eigenvalue weighted by atomic mass is 16.5. The first-order valence-electron chi connectivity index (χ1n) is 8.95. The molecule has 0 bridgehead atoms. The summed E-state index contributed by atoms with van der Waals surface area (Å²) in [5.41, 5.74) is 3.54. The highest BCUT2D eigenvalue weighted by molar-refractivity contribution is 5.93. The molecule has 1 aliphatic heterocycles. The molecule has 5 rings (SSSR count). The number of aromatic nitrogens is 4. The molecule has 26 heavy (non-hydrogen) atoms. The molecule has 1 fully saturated rings. The summed E-state index contributed by atoms with van der Waals surface area (Å²) in [5.74, 6) is 0.850. The molecule has 0 unspecified atom stereocenters. The maximum Gasteiger partial charge on any atom is 0.186 e. The smallest absolute Gasteiger partial charge is 0.186 e. The summed E-state index contributed by atoms with van der Waals surface area (Å²) in [5, 5.41) is 13.3. The van der Waals surface area contributed by atoms with Crippen molar-refractivity contribution in [1.82, 2.24) is 19.8 Å². The van der Waals surface area contributed by atoms with Crippen LogP contribution in [0.1, 0.15) is 12.8 Å². The van der Waals surface area contributed by atoms with E-state index in [9.17, 15) is 0 Å². The van der Waals surface area contributed by atoms with Crippen molar-refractivity contribution < 1.29 is 4.74 Å². The Morgan fingerprint density at radius 3 is 2.77 bits per heavy atom. The second kappa shape index (κ2) is 6.38. The van der Waals surface area contributed by atoms with E-state index in [-0.39, 0.29) is 6.10 Å². The van der Waals surface area contributed by atoms with Crippen molar-refractivity contribution in [2.75, 3.05) is 18.5 Å². The zero-order valence-corrected chi connectivity index (χ0v) is 14.3. The molecule has 6 nitrogen and oxygen atoms in total. The first kappa shape index (κ1) is 15.3. The van der Waals surface area contributed by atoms with Crippen molar-refractivity contribution in [3.05, 3.63) is 54.6 Å². The Labute approximate surface area is 150 Å². The van der Waals surface area contributed by atoms with Crippen LogP contribution in [0.2, 0.25) is 0 Å². The Balaban J connectivity index is 1.64. The predicted octanol–water partition coefficient (Wildman–Crippen LogP) is 3.54. The molecule has 3 heterocycles. The lowest BCUT2D eigenvalue weighted by Crippen LogP contribution is -2.19. The average Bonchev–Trinajstić information content (AvgIpc) is 3.36. The number of fused-ring (bicyclic) bond motifs is 3. The largest absolute Gasteiger partial charge is 0.376 e. The number of ether oxygens (including phenoxy) is 1. The molecule has 6 heteroatoms. The van der Waals surface area contributed by atoms with Gasteiger partial charge in [0.15, 0.2) is 5.65 Å². The van der Waals surface area contributed by atoms with Gasteiger partial charge < -0.3 is 10.1 Å². The monoisotopic (exact) mass is 345 g/mol. The van der Waals surface area contributed by atoms with Crippen LogP contribution in [0.15, 0.2) is 54.6 Å². The van der Waals surface area contributed by atoms with E-state index in [0.717, 1.165) is 59.6 Å². The summed E-state index contributed by atoms with van der Waals surface area (Å²) >= 11 is 0. The van der Waals surface area contributed by atoms with E-state index in [4.69, 9.17) is 9.72 Å². The van der Waals surface area contributed by atoms with Crippen LogP contribution in [0.5, 0.6) is 0 Å².